The summed E-state index contributed by atoms with van der Waals surface area (Å²) in [6.45, 7) is 9.66. The summed E-state index contributed by atoms with van der Waals surface area (Å²) in [7, 11) is 0. The van der Waals surface area contributed by atoms with E-state index >= 15 is 0 Å². The predicted molar refractivity (Wildman–Crippen MR) is 106 cm³/mol. The van der Waals surface area contributed by atoms with Gasteiger partial charge in [-0.1, -0.05) is 30.3 Å². The van der Waals surface area contributed by atoms with E-state index in [4.69, 9.17) is 0 Å². The van der Waals surface area contributed by atoms with E-state index in [1.807, 2.05) is 34.9 Å². The van der Waals surface area contributed by atoms with Gasteiger partial charge in [-0.25, -0.2) is 0 Å². The molecular weight excluding hydrogens is 340 g/mol. The first-order valence-corrected chi connectivity index (χ1v) is 10.2. The summed E-state index contributed by atoms with van der Waals surface area (Å²) in [6.07, 6.45) is 2.27. The molecule has 2 aliphatic rings. The largest absolute Gasteiger partial charge is 0.342 e. The first-order valence-electron chi connectivity index (χ1n) is 10.2. The number of likely N-dealkylation sites (N-methyl/N-ethyl adjacent to an activating group) is 1. The molecule has 27 heavy (non-hydrogen) atoms. The minimum atomic E-state index is 0.183. The number of benzene rings is 1. The third kappa shape index (κ3) is 5.78. The normalized spacial score (nSPS) is 18.6. The molecule has 3 rings (SSSR count). The highest BCUT2D eigenvalue weighted by atomic mass is 16.2. The first kappa shape index (κ1) is 19.8. The fourth-order valence-electron chi connectivity index (χ4n) is 3.83. The minimum absolute atomic E-state index is 0.183. The molecule has 0 radical (unpaired) electrons. The fraction of sp³-hybridized carbons (Fsp3) is 0.619. The molecule has 0 N–H and O–H groups in total. The van der Waals surface area contributed by atoms with E-state index in [1.165, 1.54) is 0 Å². The lowest BCUT2D eigenvalue weighted by molar-refractivity contribution is -0.135. The van der Waals surface area contributed by atoms with Gasteiger partial charge in [-0.05, 0) is 25.3 Å². The molecule has 2 saturated heterocycles. The Hall–Kier alpha value is -1.92. The van der Waals surface area contributed by atoms with Gasteiger partial charge < -0.3 is 9.80 Å². The summed E-state index contributed by atoms with van der Waals surface area (Å²) < 4.78 is 0. The van der Waals surface area contributed by atoms with Crippen LogP contribution in [-0.4, -0.2) is 90.3 Å². The molecular formula is C21H32N4O2. The number of carbonyl (C=O) groups excluding carboxylic acids is 2. The zero-order chi connectivity index (χ0) is 19.1. The average Bonchev–Trinajstić information content (AvgIpc) is 3.23. The molecule has 1 aromatic rings. The van der Waals surface area contributed by atoms with Crippen molar-refractivity contribution in [1.29, 1.82) is 0 Å². The van der Waals surface area contributed by atoms with E-state index in [0.717, 1.165) is 64.2 Å². The number of hydrogen-bond acceptors (Lipinski definition) is 4. The molecule has 2 fully saturated rings. The Kier molecular flexibility index (Phi) is 7.24. The number of nitrogens with zero attached hydrogens (tertiary/aromatic N) is 4. The van der Waals surface area contributed by atoms with Gasteiger partial charge in [0, 0.05) is 52.4 Å². The lowest BCUT2D eigenvalue weighted by Crippen LogP contribution is -2.52. The third-order valence-corrected chi connectivity index (χ3v) is 5.59. The maximum absolute atomic E-state index is 12.7. The van der Waals surface area contributed by atoms with Crippen molar-refractivity contribution < 1.29 is 9.59 Å². The van der Waals surface area contributed by atoms with Gasteiger partial charge in [0.2, 0.25) is 11.8 Å². The summed E-state index contributed by atoms with van der Waals surface area (Å²) in [4.78, 5) is 33.3. The average molecular weight is 373 g/mol. The van der Waals surface area contributed by atoms with Gasteiger partial charge in [0.15, 0.2) is 0 Å². The fourth-order valence-corrected chi connectivity index (χ4v) is 3.83. The van der Waals surface area contributed by atoms with Crippen LogP contribution in [0.3, 0.4) is 0 Å². The van der Waals surface area contributed by atoms with Gasteiger partial charge in [-0.2, -0.15) is 0 Å². The van der Waals surface area contributed by atoms with Gasteiger partial charge in [0.05, 0.1) is 13.1 Å². The first-order chi connectivity index (χ1) is 13.2. The Balaban J connectivity index is 1.41. The lowest BCUT2D eigenvalue weighted by atomic mass is 10.2. The Morgan fingerprint density at radius 2 is 1.48 bits per heavy atom. The van der Waals surface area contributed by atoms with Crippen molar-refractivity contribution in [3.05, 3.63) is 35.9 Å². The maximum atomic E-state index is 12.7. The monoisotopic (exact) mass is 372 g/mol. The molecule has 6 heteroatoms. The van der Waals surface area contributed by atoms with Gasteiger partial charge in [0.1, 0.15) is 0 Å². The van der Waals surface area contributed by atoms with Crippen LogP contribution in [0.5, 0.6) is 0 Å². The van der Waals surface area contributed by atoms with Crippen LogP contribution in [-0.2, 0) is 16.1 Å². The van der Waals surface area contributed by atoms with Crippen LogP contribution < -0.4 is 0 Å². The molecule has 1 aromatic carbocycles. The number of hydrogen-bond donors (Lipinski definition) is 0. The van der Waals surface area contributed by atoms with Crippen molar-refractivity contribution in [2.24, 2.45) is 0 Å². The van der Waals surface area contributed by atoms with E-state index in [-0.39, 0.29) is 11.8 Å². The zero-order valence-electron chi connectivity index (χ0n) is 16.5. The summed E-state index contributed by atoms with van der Waals surface area (Å²) in [5.41, 5.74) is 1.16. The van der Waals surface area contributed by atoms with Crippen LogP contribution in [0.15, 0.2) is 30.3 Å². The quantitative estimate of drug-likeness (QED) is 0.723. The Bertz CT molecular complexity index is 608. The second-order valence-electron chi connectivity index (χ2n) is 7.53. The molecule has 0 aromatic heterocycles. The molecule has 0 atom stereocenters. The molecule has 2 heterocycles. The van der Waals surface area contributed by atoms with Crippen molar-refractivity contribution in [3.63, 3.8) is 0 Å². The zero-order valence-corrected chi connectivity index (χ0v) is 16.5. The van der Waals surface area contributed by atoms with Crippen molar-refractivity contribution in [1.82, 2.24) is 19.6 Å². The highest BCUT2D eigenvalue weighted by molar-refractivity contribution is 5.79. The number of carbonyl (C=O) groups is 2. The van der Waals surface area contributed by atoms with Crippen molar-refractivity contribution >= 4 is 11.8 Å². The molecule has 2 amide bonds. The highest BCUT2D eigenvalue weighted by Gasteiger charge is 2.25. The van der Waals surface area contributed by atoms with Crippen LogP contribution in [0.2, 0.25) is 0 Å². The van der Waals surface area contributed by atoms with E-state index in [1.54, 1.807) is 0 Å². The van der Waals surface area contributed by atoms with E-state index in [2.05, 4.69) is 21.9 Å². The van der Waals surface area contributed by atoms with Gasteiger partial charge >= 0.3 is 0 Å². The standard InChI is InChI=1S/C21H32N4O2/c1-2-24(16-19-8-4-3-5-9-19)20(26)17-22-12-14-23(15-13-22)18-21(27)25-10-6-7-11-25/h3-5,8-9H,2,6-7,10-18H2,1H3. The number of rotatable bonds is 7. The number of likely N-dealkylation sites (tertiary alicyclic amines) is 1. The van der Waals surface area contributed by atoms with Crippen molar-refractivity contribution in [2.45, 2.75) is 26.3 Å². The van der Waals surface area contributed by atoms with E-state index < -0.39 is 0 Å². The Morgan fingerprint density at radius 3 is 2.07 bits per heavy atom. The Morgan fingerprint density at radius 1 is 0.889 bits per heavy atom. The van der Waals surface area contributed by atoms with Crippen LogP contribution in [0.25, 0.3) is 0 Å². The molecule has 0 unspecified atom stereocenters. The van der Waals surface area contributed by atoms with Gasteiger partial charge in [-0.15, -0.1) is 0 Å². The van der Waals surface area contributed by atoms with Gasteiger partial charge in [0.25, 0.3) is 0 Å². The maximum Gasteiger partial charge on any atom is 0.237 e. The summed E-state index contributed by atoms with van der Waals surface area (Å²) >= 11 is 0. The third-order valence-electron chi connectivity index (χ3n) is 5.59. The van der Waals surface area contributed by atoms with Crippen LogP contribution in [0, 0.1) is 0 Å². The molecule has 0 bridgehead atoms. The molecule has 0 aliphatic carbocycles. The highest BCUT2D eigenvalue weighted by Crippen LogP contribution is 2.10. The molecule has 6 nitrogen and oxygen atoms in total. The number of piperazine rings is 1. The van der Waals surface area contributed by atoms with E-state index in [9.17, 15) is 9.59 Å². The summed E-state index contributed by atoms with van der Waals surface area (Å²) in [6, 6.07) is 10.1. The molecule has 0 spiro atoms. The lowest BCUT2D eigenvalue weighted by Gasteiger charge is -2.35. The molecule has 0 saturated carbocycles. The predicted octanol–water partition coefficient (Wildman–Crippen LogP) is 1.28. The van der Waals surface area contributed by atoms with Crippen LogP contribution >= 0.6 is 0 Å². The second kappa shape index (κ2) is 9.85. The molecule has 2 aliphatic heterocycles. The summed E-state index contributed by atoms with van der Waals surface area (Å²) in [5, 5.41) is 0. The van der Waals surface area contributed by atoms with Gasteiger partial charge in [-0.3, -0.25) is 19.4 Å². The van der Waals surface area contributed by atoms with Crippen molar-refractivity contribution in [2.75, 3.05) is 58.9 Å². The Labute approximate surface area is 162 Å². The SMILES string of the molecule is CCN(Cc1ccccc1)C(=O)CN1CCN(CC(=O)N2CCCC2)CC1. The van der Waals surface area contributed by atoms with E-state index in [0.29, 0.717) is 19.6 Å². The topological polar surface area (TPSA) is 47.1 Å². The summed E-state index contributed by atoms with van der Waals surface area (Å²) in [5.74, 6) is 0.444. The minimum Gasteiger partial charge on any atom is -0.342 e. The smallest absolute Gasteiger partial charge is 0.237 e. The molecule has 148 valence electrons. The van der Waals surface area contributed by atoms with Crippen LogP contribution in [0.4, 0.5) is 0 Å². The van der Waals surface area contributed by atoms with Crippen molar-refractivity contribution in [3.8, 4) is 0 Å². The second-order valence-corrected chi connectivity index (χ2v) is 7.53. The number of amides is 2. The van der Waals surface area contributed by atoms with Crippen LogP contribution in [0.1, 0.15) is 25.3 Å².